The number of rotatable bonds is 5. The van der Waals surface area contributed by atoms with Gasteiger partial charge < -0.3 is 9.41 Å². The molecule has 1 N–H and O–H groups in total. The van der Waals surface area contributed by atoms with Crippen LogP contribution in [0.15, 0.2) is 0 Å². The molecule has 9 heavy (non-hydrogen) atoms. The standard InChI is InChI=1S/C6H17NOSi/c1-4-6-7-9(5-2)8-3/h7,9H,4-6H2,1-3H3. The summed E-state index contributed by atoms with van der Waals surface area (Å²) < 4.78 is 5.23. The second-order valence-corrected chi connectivity index (χ2v) is 4.76. The maximum Gasteiger partial charge on any atom is 0.251 e. The molecule has 0 aliphatic rings. The highest BCUT2D eigenvalue weighted by Crippen LogP contribution is 1.86. The molecule has 0 aliphatic heterocycles. The van der Waals surface area contributed by atoms with Gasteiger partial charge in [-0.25, -0.2) is 0 Å². The molecule has 0 radical (unpaired) electrons. The van der Waals surface area contributed by atoms with Crippen LogP contribution in [0.25, 0.3) is 0 Å². The highest BCUT2D eigenvalue weighted by molar-refractivity contribution is 6.48. The van der Waals surface area contributed by atoms with Gasteiger partial charge in [0, 0.05) is 7.11 Å². The molecule has 0 spiro atoms. The summed E-state index contributed by atoms with van der Waals surface area (Å²) in [4.78, 5) is 3.39. The Morgan fingerprint density at radius 1 is 1.44 bits per heavy atom. The van der Waals surface area contributed by atoms with Crippen LogP contribution in [0.4, 0.5) is 0 Å². The second kappa shape index (κ2) is 6.26. The first-order valence-corrected chi connectivity index (χ1v) is 5.47. The fourth-order valence-corrected chi connectivity index (χ4v) is 2.10. The maximum atomic E-state index is 5.23. The van der Waals surface area contributed by atoms with E-state index in [0.717, 1.165) is 6.54 Å². The zero-order valence-electron chi connectivity index (χ0n) is 6.61. The third-order valence-electron chi connectivity index (χ3n) is 1.28. The van der Waals surface area contributed by atoms with Gasteiger partial charge in [-0.1, -0.05) is 13.8 Å². The molecule has 0 aliphatic carbocycles. The third kappa shape index (κ3) is 4.63. The van der Waals surface area contributed by atoms with Gasteiger partial charge in [0.1, 0.15) is 0 Å². The van der Waals surface area contributed by atoms with Crippen molar-refractivity contribution in [2.45, 2.75) is 26.3 Å². The summed E-state index contributed by atoms with van der Waals surface area (Å²) in [5.74, 6) is 0. The first kappa shape index (κ1) is 9.14. The highest BCUT2D eigenvalue weighted by Gasteiger charge is 2.03. The first-order valence-electron chi connectivity index (χ1n) is 3.61. The SMILES string of the molecule is CCCN[SiH](CC)OC. The zero-order valence-corrected chi connectivity index (χ0v) is 7.76. The Morgan fingerprint density at radius 2 is 2.11 bits per heavy atom. The Balaban J connectivity index is 3.09. The van der Waals surface area contributed by atoms with Gasteiger partial charge in [0.2, 0.25) is 0 Å². The predicted molar refractivity (Wildman–Crippen MR) is 42.9 cm³/mol. The average molecular weight is 147 g/mol. The van der Waals surface area contributed by atoms with Crippen molar-refractivity contribution in [3.8, 4) is 0 Å². The van der Waals surface area contributed by atoms with E-state index in [9.17, 15) is 0 Å². The van der Waals surface area contributed by atoms with E-state index in [1.165, 1.54) is 12.5 Å². The van der Waals surface area contributed by atoms with Crippen molar-refractivity contribution in [1.82, 2.24) is 4.98 Å². The van der Waals surface area contributed by atoms with Crippen LogP contribution in [0.1, 0.15) is 20.3 Å². The minimum absolute atomic E-state index is 0.960. The van der Waals surface area contributed by atoms with Crippen LogP contribution in [-0.2, 0) is 4.43 Å². The number of nitrogens with one attached hydrogen (secondary N) is 1. The van der Waals surface area contributed by atoms with Crippen LogP contribution in [0, 0.1) is 0 Å². The van der Waals surface area contributed by atoms with Crippen molar-refractivity contribution in [3.63, 3.8) is 0 Å². The lowest BCUT2D eigenvalue weighted by molar-refractivity contribution is 0.406. The zero-order chi connectivity index (χ0) is 7.11. The molecule has 3 heteroatoms. The van der Waals surface area contributed by atoms with Gasteiger partial charge in [0.05, 0.1) is 0 Å². The van der Waals surface area contributed by atoms with E-state index in [4.69, 9.17) is 4.43 Å². The van der Waals surface area contributed by atoms with Crippen LogP contribution in [0.2, 0.25) is 6.04 Å². The fraction of sp³-hybridized carbons (Fsp3) is 1.00. The van der Waals surface area contributed by atoms with Gasteiger partial charge in [0.25, 0.3) is 9.20 Å². The Morgan fingerprint density at radius 3 is 2.44 bits per heavy atom. The van der Waals surface area contributed by atoms with E-state index in [-0.39, 0.29) is 0 Å². The lowest BCUT2D eigenvalue weighted by atomic mass is 10.5. The third-order valence-corrected chi connectivity index (χ3v) is 3.33. The Labute approximate surface area is 59.4 Å². The largest absolute Gasteiger partial charge is 0.409 e. The van der Waals surface area contributed by atoms with Gasteiger partial charge >= 0.3 is 0 Å². The van der Waals surface area contributed by atoms with Crippen molar-refractivity contribution in [2.24, 2.45) is 0 Å². The smallest absolute Gasteiger partial charge is 0.251 e. The minimum atomic E-state index is -0.960. The van der Waals surface area contributed by atoms with Crippen molar-refractivity contribution < 1.29 is 4.43 Å². The molecule has 0 aromatic carbocycles. The summed E-state index contributed by atoms with van der Waals surface area (Å²) in [7, 11) is 0.835. The van der Waals surface area contributed by atoms with Crippen molar-refractivity contribution in [2.75, 3.05) is 13.7 Å². The summed E-state index contributed by atoms with van der Waals surface area (Å²) in [5, 5.41) is 0. The van der Waals surface area contributed by atoms with Crippen molar-refractivity contribution in [3.05, 3.63) is 0 Å². The van der Waals surface area contributed by atoms with Crippen LogP contribution in [0.5, 0.6) is 0 Å². The Hall–Kier alpha value is 0.137. The van der Waals surface area contributed by atoms with Crippen molar-refractivity contribution >= 4 is 9.20 Å². The Kier molecular flexibility index (Phi) is 6.35. The van der Waals surface area contributed by atoms with Crippen LogP contribution < -0.4 is 4.98 Å². The van der Waals surface area contributed by atoms with Crippen LogP contribution in [0.3, 0.4) is 0 Å². The molecule has 1 atom stereocenters. The monoisotopic (exact) mass is 147 g/mol. The molecule has 0 heterocycles. The van der Waals surface area contributed by atoms with E-state index in [1.54, 1.807) is 7.11 Å². The topological polar surface area (TPSA) is 21.3 Å². The quantitative estimate of drug-likeness (QED) is 0.583. The van der Waals surface area contributed by atoms with Crippen LogP contribution in [-0.4, -0.2) is 22.9 Å². The number of hydrogen-bond acceptors (Lipinski definition) is 2. The minimum Gasteiger partial charge on any atom is -0.409 e. The first-order chi connectivity index (χ1) is 4.35. The average Bonchev–Trinajstić information content (AvgIpc) is 1.91. The molecule has 0 amide bonds. The fourth-order valence-electron chi connectivity index (χ4n) is 0.700. The lowest BCUT2D eigenvalue weighted by Gasteiger charge is -2.10. The van der Waals surface area contributed by atoms with E-state index in [2.05, 4.69) is 18.8 Å². The Bertz CT molecular complexity index is 57.0. The van der Waals surface area contributed by atoms with E-state index >= 15 is 0 Å². The van der Waals surface area contributed by atoms with E-state index in [0.29, 0.717) is 0 Å². The van der Waals surface area contributed by atoms with Crippen molar-refractivity contribution in [1.29, 1.82) is 0 Å². The summed E-state index contributed by atoms with van der Waals surface area (Å²) in [6.45, 7) is 5.45. The molecular formula is C6H17NOSi. The normalized spacial score (nSPS) is 13.7. The molecule has 0 fully saturated rings. The molecule has 0 aromatic rings. The molecule has 56 valence electrons. The van der Waals surface area contributed by atoms with Gasteiger partial charge in [-0.2, -0.15) is 0 Å². The van der Waals surface area contributed by atoms with Gasteiger partial charge in [0.15, 0.2) is 0 Å². The summed E-state index contributed by atoms with van der Waals surface area (Å²) in [6.07, 6.45) is 1.20. The molecular weight excluding hydrogens is 130 g/mol. The second-order valence-electron chi connectivity index (χ2n) is 2.09. The highest BCUT2D eigenvalue weighted by atomic mass is 28.3. The molecule has 0 saturated carbocycles. The van der Waals surface area contributed by atoms with Crippen LogP contribution >= 0.6 is 0 Å². The summed E-state index contributed by atoms with van der Waals surface area (Å²) >= 11 is 0. The number of hydrogen-bond donors (Lipinski definition) is 1. The van der Waals surface area contributed by atoms with Gasteiger partial charge in [-0.3, -0.25) is 0 Å². The molecule has 0 aromatic heterocycles. The van der Waals surface area contributed by atoms with E-state index < -0.39 is 9.20 Å². The van der Waals surface area contributed by atoms with Gasteiger partial charge in [-0.05, 0) is 19.0 Å². The predicted octanol–water partition coefficient (Wildman–Crippen LogP) is 0.873. The molecule has 0 rings (SSSR count). The molecule has 2 nitrogen and oxygen atoms in total. The maximum absolute atomic E-state index is 5.23. The lowest BCUT2D eigenvalue weighted by Crippen LogP contribution is -2.35. The summed E-state index contributed by atoms with van der Waals surface area (Å²) in [5.41, 5.74) is 0. The molecule has 0 bridgehead atoms. The molecule has 1 unspecified atom stereocenters. The molecule has 0 saturated heterocycles. The van der Waals surface area contributed by atoms with E-state index in [1.807, 2.05) is 0 Å². The summed E-state index contributed by atoms with van der Waals surface area (Å²) in [6, 6.07) is 1.18. The van der Waals surface area contributed by atoms with Gasteiger partial charge in [-0.15, -0.1) is 0 Å².